The number of hydrogen-bond donors (Lipinski definition) is 2. The molecule has 3 rings (SSSR count). The number of likely N-dealkylation sites (tertiary alicyclic amines) is 1. The number of amides is 2. The summed E-state index contributed by atoms with van der Waals surface area (Å²) >= 11 is 0. The van der Waals surface area contributed by atoms with Gasteiger partial charge in [-0.15, -0.1) is 0 Å². The molecule has 2 N–H and O–H groups in total. The summed E-state index contributed by atoms with van der Waals surface area (Å²) in [6, 6.07) is -0.382. The first-order chi connectivity index (χ1) is 9.63. The zero-order valence-corrected chi connectivity index (χ0v) is 11.8. The summed E-state index contributed by atoms with van der Waals surface area (Å²) in [5.74, 6) is 0.721. The fraction of sp³-hybridized carbons (Fsp3) is 0.857. The third kappa shape index (κ3) is 3.12. The second kappa shape index (κ2) is 5.69. The van der Waals surface area contributed by atoms with Gasteiger partial charge in [0.1, 0.15) is 0 Å². The van der Waals surface area contributed by atoms with Crippen LogP contribution in [-0.4, -0.2) is 71.6 Å². The smallest absolute Gasteiger partial charge is 0.240 e. The van der Waals surface area contributed by atoms with Crippen LogP contribution < -0.4 is 5.32 Å². The van der Waals surface area contributed by atoms with Gasteiger partial charge in [-0.3, -0.25) is 9.59 Å². The molecule has 0 aromatic heterocycles. The number of carbonyl (C=O) groups excluding carboxylic acids is 2. The number of carbonyl (C=O) groups is 2. The van der Waals surface area contributed by atoms with Crippen LogP contribution in [0.3, 0.4) is 0 Å². The Morgan fingerprint density at radius 3 is 2.75 bits per heavy atom. The summed E-state index contributed by atoms with van der Waals surface area (Å²) in [6.45, 7) is 3.38. The number of hydrogen-bond acceptors (Lipinski definition) is 4. The van der Waals surface area contributed by atoms with Gasteiger partial charge in [0.2, 0.25) is 11.8 Å². The van der Waals surface area contributed by atoms with E-state index in [1.165, 1.54) is 12.8 Å². The van der Waals surface area contributed by atoms with Crippen molar-refractivity contribution in [1.82, 2.24) is 15.1 Å². The summed E-state index contributed by atoms with van der Waals surface area (Å²) in [5.41, 5.74) is 0. The normalized spacial score (nSPS) is 30.9. The van der Waals surface area contributed by atoms with E-state index in [-0.39, 0.29) is 24.3 Å². The summed E-state index contributed by atoms with van der Waals surface area (Å²) < 4.78 is 0. The van der Waals surface area contributed by atoms with E-state index in [1.807, 2.05) is 4.90 Å². The first-order valence-electron chi connectivity index (χ1n) is 7.61. The van der Waals surface area contributed by atoms with Crippen LogP contribution in [0.1, 0.15) is 25.7 Å². The number of aliphatic hydroxyl groups excluding tert-OH is 1. The predicted octanol–water partition coefficient (Wildman–Crippen LogP) is -0.820. The zero-order valence-electron chi connectivity index (χ0n) is 11.8. The van der Waals surface area contributed by atoms with Crippen LogP contribution in [-0.2, 0) is 9.59 Å². The number of nitrogens with zero attached hydrogens (tertiary/aromatic N) is 2. The quantitative estimate of drug-likeness (QED) is 0.706. The van der Waals surface area contributed by atoms with Crippen LogP contribution in [0.25, 0.3) is 0 Å². The summed E-state index contributed by atoms with van der Waals surface area (Å²) in [5, 5.41) is 12.6. The average Bonchev–Trinajstić information content (AvgIpc) is 3.13. The molecule has 1 aliphatic carbocycles. The summed E-state index contributed by atoms with van der Waals surface area (Å²) in [7, 11) is 0. The third-order valence-electron chi connectivity index (χ3n) is 4.45. The van der Waals surface area contributed by atoms with Gasteiger partial charge in [0, 0.05) is 32.7 Å². The van der Waals surface area contributed by atoms with Crippen molar-refractivity contribution in [2.24, 2.45) is 5.92 Å². The van der Waals surface area contributed by atoms with Crippen LogP contribution >= 0.6 is 0 Å². The molecule has 112 valence electrons. The molecule has 6 heteroatoms. The monoisotopic (exact) mass is 281 g/mol. The van der Waals surface area contributed by atoms with Gasteiger partial charge in [0.15, 0.2) is 0 Å². The van der Waals surface area contributed by atoms with E-state index in [0.717, 1.165) is 19.6 Å². The van der Waals surface area contributed by atoms with Gasteiger partial charge in [-0.25, -0.2) is 0 Å². The van der Waals surface area contributed by atoms with Gasteiger partial charge >= 0.3 is 0 Å². The Kier molecular flexibility index (Phi) is 3.94. The van der Waals surface area contributed by atoms with Crippen molar-refractivity contribution < 1.29 is 14.7 Å². The molecule has 3 aliphatic rings. The first kappa shape index (κ1) is 13.8. The minimum Gasteiger partial charge on any atom is -0.391 e. The van der Waals surface area contributed by atoms with Gasteiger partial charge in [-0.2, -0.15) is 0 Å². The van der Waals surface area contributed by atoms with Gasteiger partial charge in [-0.05, 0) is 25.2 Å². The topological polar surface area (TPSA) is 72.9 Å². The molecule has 2 aliphatic heterocycles. The van der Waals surface area contributed by atoms with E-state index in [2.05, 4.69) is 5.32 Å². The van der Waals surface area contributed by atoms with Crippen molar-refractivity contribution in [3.8, 4) is 0 Å². The highest BCUT2D eigenvalue weighted by atomic mass is 16.3. The first-order valence-corrected chi connectivity index (χ1v) is 7.61. The van der Waals surface area contributed by atoms with Crippen molar-refractivity contribution in [2.45, 2.75) is 37.8 Å². The highest BCUT2D eigenvalue weighted by Gasteiger charge is 2.35. The van der Waals surface area contributed by atoms with Gasteiger partial charge in [0.05, 0.1) is 18.6 Å². The second-order valence-corrected chi connectivity index (χ2v) is 6.22. The van der Waals surface area contributed by atoms with Gasteiger partial charge < -0.3 is 20.2 Å². The Labute approximate surface area is 119 Å². The minimum atomic E-state index is -0.402. The molecule has 2 amide bonds. The molecule has 2 unspecified atom stereocenters. The molecule has 0 aromatic rings. The zero-order chi connectivity index (χ0) is 14.1. The van der Waals surface area contributed by atoms with Crippen LogP contribution in [0.2, 0.25) is 0 Å². The van der Waals surface area contributed by atoms with Crippen molar-refractivity contribution in [1.29, 1.82) is 0 Å². The van der Waals surface area contributed by atoms with E-state index < -0.39 is 6.10 Å². The lowest BCUT2D eigenvalue weighted by Gasteiger charge is -2.33. The molecule has 20 heavy (non-hydrogen) atoms. The summed E-state index contributed by atoms with van der Waals surface area (Å²) in [6.07, 6.45) is 2.91. The predicted molar refractivity (Wildman–Crippen MR) is 72.9 cm³/mol. The minimum absolute atomic E-state index is 0.0272. The molecule has 0 spiro atoms. The molecule has 1 saturated carbocycles. The maximum Gasteiger partial charge on any atom is 0.240 e. The average molecular weight is 281 g/mol. The summed E-state index contributed by atoms with van der Waals surface area (Å²) in [4.78, 5) is 28.1. The van der Waals surface area contributed by atoms with E-state index in [4.69, 9.17) is 0 Å². The van der Waals surface area contributed by atoms with Crippen LogP contribution in [0.5, 0.6) is 0 Å². The Balaban J connectivity index is 1.53. The lowest BCUT2D eigenvalue weighted by molar-refractivity contribution is -0.140. The lowest BCUT2D eigenvalue weighted by Crippen LogP contribution is -2.56. The Morgan fingerprint density at radius 1 is 1.30 bits per heavy atom. The van der Waals surface area contributed by atoms with Crippen molar-refractivity contribution in [3.05, 3.63) is 0 Å². The Bertz CT molecular complexity index is 397. The molecule has 2 atom stereocenters. The van der Waals surface area contributed by atoms with E-state index >= 15 is 0 Å². The van der Waals surface area contributed by atoms with E-state index in [0.29, 0.717) is 25.4 Å². The maximum absolute atomic E-state index is 12.3. The van der Waals surface area contributed by atoms with Crippen molar-refractivity contribution in [2.75, 3.05) is 32.7 Å². The number of nitrogens with one attached hydrogen (secondary N) is 1. The molecule has 0 radical (unpaired) electrons. The van der Waals surface area contributed by atoms with Crippen LogP contribution in [0.15, 0.2) is 0 Å². The highest BCUT2D eigenvalue weighted by molar-refractivity contribution is 5.89. The number of β-amino-alcohol motifs (C(OH)–C–C–N with tert-alkyl or cyclic N) is 1. The number of rotatable bonds is 4. The third-order valence-corrected chi connectivity index (χ3v) is 4.45. The Hall–Kier alpha value is -1.14. The molecular formula is C14H23N3O3. The van der Waals surface area contributed by atoms with Gasteiger partial charge in [0.25, 0.3) is 0 Å². The van der Waals surface area contributed by atoms with Crippen molar-refractivity contribution in [3.63, 3.8) is 0 Å². The molecule has 6 nitrogen and oxygen atoms in total. The Morgan fingerprint density at radius 2 is 2.10 bits per heavy atom. The van der Waals surface area contributed by atoms with Gasteiger partial charge in [-0.1, -0.05) is 0 Å². The largest absolute Gasteiger partial charge is 0.391 e. The van der Waals surface area contributed by atoms with E-state index in [9.17, 15) is 14.7 Å². The number of piperazine rings is 1. The molecule has 0 bridgehead atoms. The number of aliphatic hydroxyl groups is 1. The molecule has 3 fully saturated rings. The second-order valence-electron chi connectivity index (χ2n) is 6.22. The molecule has 0 aromatic carbocycles. The van der Waals surface area contributed by atoms with Crippen LogP contribution in [0.4, 0.5) is 0 Å². The standard InChI is InChI=1S/C14H23N3O3/c18-11-3-5-16(9-11)13(19)7-12-14(20)17(6-4-15-12)8-10-1-2-10/h10-12,15,18H,1-9H2. The molecule has 2 heterocycles. The van der Waals surface area contributed by atoms with Crippen molar-refractivity contribution >= 4 is 11.8 Å². The maximum atomic E-state index is 12.3. The molecule has 2 saturated heterocycles. The molecular weight excluding hydrogens is 258 g/mol. The highest BCUT2D eigenvalue weighted by Crippen LogP contribution is 2.30. The van der Waals surface area contributed by atoms with Crippen LogP contribution in [0, 0.1) is 5.92 Å². The fourth-order valence-corrected chi connectivity index (χ4v) is 3.02. The SMILES string of the molecule is O=C(CC1NCCN(CC2CC2)C1=O)N1CCC(O)C1. The lowest BCUT2D eigenvalue weighted by atomic mass is 10.1. The van der Waals surface area contributed by atoms with E-state index in [1.54, 1.807) is 4.90 Å². The fourth-order valence-electron chi connectivity index (χ4n) is 3.02.